The number of nitrogens with two attached hydrogens (primary N) is 1. The van der Waals surface area contributed by atoms with Crippen molar-refractivity contribution in [3.05, 3.63) is 59.9 Å². The lowest BCUT2D eigenvalue weighted by Gasteiger charge is -2.07. The van der Waals surface area contributed by atoms with Crippen molar-refractivity contribution in [3.8, 4) is 0 Å². The summed E-state index contributed by atoms with van der Waals surface area (Å²) in [5, 5.41) is 0. The van der Waals surface area contributed by atoms with Crippen molar-refractivity contribution in [3.63, 3.8) is 0 Å². The van der Waals surface area contributed by atoms with E-state index in [0.717, 1.165) is 5.69 Å². The van der Waals surface area contributed by atoms with E-state index in [1.54, 1.807) is 18.3 Å². The summed E-state index contributed by atoms with van der Waals surface area (Å²) in [5.41, 5.74) is 6.95. The second kappa shape index (κ2) is 6.75. The van der Waals surface area contributed by atoms with Crippen LogP contribution in [0.4, 0.5) is 0 Å². The Balaban J connectivity index is 2.00. The zero-order chi connectivity index (χ0) is 15.3. The third-order valence-electron chi connectivity index (χ3n) is 2.85. The predicted molar refractivity (Wildman–Crippen MR) is 85.5 cm³/mol. The van der Waals surface area contributed by atoms with Crippen molar-refractivity contribution in [1.82, 2.24) is 9.71 Å². The number of hydrogen-bond acceptors (Lipinski definition) is 4. The van der Waals surface area contributed by atoms with E-state index in [1.807, 2.05) is 18.2 Å². The van der Waals surface area contributed by atoms with Gasteiger partial charge in [0.05, 0.1) is 4.90 Å². The van der Waals surface area contributed by atoms with Crippen molar-refractivity contribution in [2.45, 2.75) is 11.3 Å². The van der Waals surface area contributed by atoms with Crippen molar-refractivity contribution in [2.75, 3.05) is 6.54 Å². The molecular formula is C14H15N3O2S2. The fraction of sp³-hybridized carbons (Fsp3) is 0.143. The highest BCUT2D eigenvalue weighted by Crippen LogP contribution is 2.10. The maximum absolute atomic E-state index is 12.1. The van der Waals surface area contributed by atoms with Crippen LogP contribution < -0.4 is 10.5 Å². The molecule has 7 heteroatoms. The van der Waals surface area contributed by atoms with E-state index in [0.29, 0.717) is 12.0 Å². The Hall–Kier alpha value is -1.83. The average molecular weight is 321 g/mol. The largest absolute Gasteiger partial charge is 0.389 e. The first kappa shape index (κ1) is 15.6. The summed E-state index contributed by atoms with van der Waals surface area (Å²) in [4.78, 5) is 4.56. The highest BCUT2D eigenvalue weighted by atomic mass is 32.2. The highest BCUT2D eigenvalue weighted by molar-refractivity contribution is 7.89. The number of aromatic nitrogens is 1. The molecule has 0 amide bonds. The molecule has 1 aromatic heterocycles. The van der Waals surface area contributed by atoms with Crippen LogP contribution in [0, 0.1) is 0 Å². The second-order valence-corrected chi connectivity index (χ2v) is 6.56. The van der Waals surface area contributed by atoms with Gasteiger partial charge in [0.25, 0.3) is 0 Å². The summed E-state index contributed by atoms with van der Waals surface area (Å²) in [7, 11) is -3.53. The van der Waals surface area contributed by atoms with E-state index in [-0.39, 0.29) is 16.4 Å². The van der Waals surface area contributed by atoms with Crippen molar-refractivity contribution in [2.24, 2.45) is 5.73 Å². The number of hydrogen-bond donors (Lipinski definition) is 2. The maximum atomic E-state index is 12.1. The molecule has 0 fully saturated rings. The molecule has 0 saturated carbocycles. The summed E-state index contributed by atoms with van der Waals surface area (Å²) < 4.78 is 26.8. The number of benzene rings is 1. The van der Waals surface area contributed by atoms with Crippen LogP contribution in [0.2, 0.25) is 0 Å². The molecule has 2 aromatic rings. The third-order valence-corrected chi connectivity index (χ3v) is 4.56. The average Bonchev–Trinajstić information content (AvgIpc) is 2.48. The van der Waals surface area contributed by atoms with Gasteiger partial charge in [0.1, 0.15) is 4.99 Å². The molecule has 0 bridgehead atoms. The molecule has 3 N–H and O–H groups in total. The Labute approximate surface area is 129 Å². The van der Waals surface area contributed by atoms with E-state index in [1.165, 1.54) is 12.1 Å². The van der Waals surface area contributed by atoms with Crippen LogP contribution >= 0.6 is 12.2 Å². The topological polar surface area (TPSA) is 85.1 Å². The molecule has 0 aliphatic rings. The molecule has 0 saturated heterocycles. The van der Waals surface area contributed by atoms with Crippen LogP contribution in [0.25, 0.3) is 0 Å². The molecule has 2 rings (SSSR count). The van der Waals surface area contributed by atoms with E-state index in [4.69, 9.17) is 18.0 Å². The van der Waals surface area contributed by atoms with Gasteiger partial charge in [-0.15, -0.1) is 0 Å². The molecule has 5 nitrogen and oxygen atoms in total. The normalized spacial score (nSPS) is 11.2. The van der Waals surface area contributed by atoms with E-state index >= 15 is 0 Å². The Bertz CT molecular complexity index is 714. The molecule has 1 heterocycles. The van der Waals surface area contributed by atoms with Gasteiger partial charge < -0.3 is 5.73 Å². The summed E-state index contributed by atoms with van der Waals surface area (Å²) in [6.45, 7) is 0.288. The lowest BCUT2D eigenvalue weighted by atomic mass is 10.2. The van der Waals surface area contributed by atoms with Crippen LogP contribution in [0.3, 0.4) is 0 Å². The molecule has 0 radical (unpaired) electrons. The van der Waals surface area contributed by atoms with Gasteiger partial charge in [0, 0.05) is 30.4 Å². The Kier molecular flexibility index (Phi) is 5.00. The van der Waals surface area contributed by atoms with Crippen molar-refractivity contribution < 1.29 is 8.42 Å². The monoisotopic (exact) mass is 321 g/mol. The minimum Gasteiger partial charge on any atom is -0.389 e. The SMILES string of the molecule is NC(=S)c1ccc(S(=O)(=O)NCCc2ccccn2)cc1. The van der Waals surface area contributed by atoms with Crippen LogP contribution in [-0.4, -0.2) is 24.9 Å². The molecule has 1 aromatic carbocycles. The van der Waals surface area contributed by atoms with Crippen LogP contribution in [0.1, 0.15) is 11.3 Å². The Morgan fingerprint density at radius 1 is 1.19 bits per heavy atom. The number of nitrogens with one attached hydrogen (secondary N) is 1. The molecule has 0 spiro atoms. The number of thiocarbonyl (C=S) groups is 1. The van der Waals surface area contributed by atoms with Gasteiger partial charge in [0.2, 0.25) is 10.0 Å². The van der Waals surface area contributed by atoms with Gasteiger partial charge in [-0.25, -0.2) is 13.1 Å². The standard InChI is InChI=1S/C14H15N3O2S2/c15-14(20)11-4-6-13(7-5-11)21(18,19)17-10-8-12-3-1-2-9-16-12/h1-7,9,17H,8,10H2,(H2,15,20). The summed E-state index contributed by atoms with van der Waals surface area (Å²) in [6.07, 6.45) is 2.21. The lowest BCUT2D eigenvalue weighted by Crippen LogP contribution is -2.26. The summed E-state index contributed by atoms with van der Waals surface area (Å²) in [6, 6.07) is 11.7. The highest BCUT2D eigenvalue weighted by Gasteiger charge is 2.13. The fourth-order valence-corrected chi connectivity index (χ4v) is 2.91. The number of nitrogens with zero attached hydrogens (tertiary/aromatic N) is 1. The summed E-state index contributed by atoms with van der Waals surface area (Å²) >= 11 is 4.83. The lowest BCUT2D eigenvalue weighted by molar-refractivity contribution is 0.581. The molecule has 21 heavy (non-hydrogen) atoms. The van der Waals surface area contributed by atoms with Gasteiger partial charge in [-0.05, 0) is 24.3 Å². The van der Waals surface area contributed by atoms with Crippen LogP contribution in [0.15, 0.2) is 53.6 Å². The van der Waals surface area contributed by atoms with Gasteiger partial charge in [-0.2, -0.15) is 0 Å². The van der Waals surface area contributed by atoms with E-state index in [2.05, 4.69) is 9.71 Å². The first-order chi connectivity index (χ1) is 9.99. The molecule has 0 unspecified atom stereocenters. The predicted octanol–water partition coefficient (Wildman–Crippen LogP) is 1.24. The smallest absolute Gasteiger partial charge is 0.240 e. The van der Waals surface area contributed by atoms with Gasteiger partial charge in [0.15, 0.2) is 0 Å². The van der Waals surface area contributed by atoms with Crippen LogP contribution in [-0.2, 0) is 16.4 Å². The zero-order valence-electron chi connectivity index (χ0n) is 11.2. The fourth-order valence-electron chi connectivity index (χ4n) is 1.74. The van der Waals surface area contributed by atoms with Crippen molar-refractivity contribution >= 4 is 27.2 Å². The number of sulfonamides is 1. The van der Waals surface area contributed by atoms with E-state index in [9.17, 15) is 8.42 Å². The number of pyridine rings is 1. The third kappa shape index (κ3) is 4.32. The minimum absolute atomic E-state index is 0.184. The van der Waals surface area contributed by atoms with Gasteiger partial charge >= 0.3 is 0 Å². The van der Waals surface area contributed by atoms with E-state index < -0.39 is 10.0 Å². The van der Waals surface area contributed by atoms with Crippen LogP contribution in [0.5, 0.6) is 0 Å². The molecule has 0 atom stereocenters. The zero-order valence-corrected chi connectivity index (χ0v) is 12.8. The molecular weight excluding hydrogens is 306 g/mol. The summed E-state index contributed by atoms with van der Waals surface area (Å²) in [5.74, 6) is 0. The van der Waals surface area contributed by atoms with Crippen molar-refractivity contribution in [1.29, 1.82) is 0 Å². The Morgan fingerprint density at radius 3 is 2.48 bits per heavy atom. The molecule has 0 aliphatic carbocycles. The minimum atomic E-state index is -3.53. The van der Waals surface area contributed by atoms with Gasteiger partial charge in [-0.3, -0.25) is 4.98 Å². The molecule has 0 aliphatic heterocycles. The first-order valence-electron chi connectivity index (χ1n) is 6.28. The number of rotatable bonds is 6. The second-order valence-electron chi connectivity index (χ2n) is 4.36. The Morgan fingerprint density at radius 2 is 1.90 bits per heavy atom. The van der Waals surface area contributed by atoms with Gasteiger partial charge in [-0.1, -0.05) is 30.4 Å². The first-order valence-corrected chi connectivity index (χ1v) is 8.17. The molecule has 110 valence electrons. The maximum Gasteiger partial charge on any atom is 0.240 e. The quantitative estimate of drug-likeness (QED) is 0.782.